The molecule has 1 heterocycles. The van der Waals surface area contributed by atoms with E-state index >= 15 is 0 Å². The normalized spacial score (nSPS) is 11.1. The van der Waals surface area contributed by atoms with Crippen LogP contribution in [0.1, 0.15) is 0 Å². The molecule has 0 aliphatic rings. The van der Waals surface area contributed by atoms with Crippen LogP contribution in [0, 0.1) is 0 Å². The molecular formula is C13H8Cl2N2S2. The quantitative estimate of drug-likeness (QED) is 0.646. The zero-order valence-corrected chi connectivity index (χ0v) is 12.7. The van der Waals surface area contributed by atoms with Crippen molar-refractivity contribution >= 4 is 62.2 Å². The predicted molar refractivity (Wildman–Crippen MR) is 84.6 cm³/mol. The lowest BCUT2D eigenvalue weighted by Gasteiger charge is -2.06. The third-order valence-corrected chi connectivity index (χ3v) is 5.22. The number of halogens is 2. The van der Waals surface area contributed by atoms with E-state index < -0.39 is 0 Å². The van der Waals surface area contributed by atoms with E-state index in [-0.39, 0.29) is 0 Å². The molecule has 0 fully saturated rings. The molecule has 19 heavy (non-hydrogen) atoms. The lowest BCUT2D eigenvalue weighted by atomic mass is 10.3. The summed E-state index contributed by atoms with van der Waals surface area (Å²) in [6.45, 7) is 0. The van der Waals surface area contributed by atoms with Gasteiger partial charge in [-0.25, -0.2) is 4.98 Å². The Kier molecular flexibility index (Phi) is 3.58. The van der Waals surface area contributed by atoms with Gasteiger partial charge in [-0.15, -0.1) is 11.3 Å². The molecule has 96 valence electrons. The highest BCUT2D eigenvalue weighted by Gasteiger charge is 2.09. The van der Waals surface area contributed by atoms with E-state index in [4.69, 9.17) is 28.9 Å². The largest absolute Gasteiger partial charge is 0.396 e. The number of aromatic nitrogens is 1. The van der Waals surface area contributed by atoms with Crippen molar-refractivity contribution in [2.45, 2.75) is 9.79 Å². The topological polar surface area (TPSA) is 38.9 Å². The number of hydrogen-bond donors (Lipinski definition) is 1. The summed E-state index contributed by atoms with van der Waals surface area (Å²) in [5, 5.41) is 1.09. The Balaban J connectivity index is 2.00. The fourth-order valence-corrected chi connectivity index (χ4v) is 3.65. The zero-order valence-electron chi connectivity index (χ0n) is 9.56. The van der Waals surface area contributed by atoms with Gasteiger partial charge in [-0.05, 0) is 30.3 Å². The molecule has 0 aliphatic heterocycles. The van der Waals surface area contributed by atoms with Crippen LogP contribution in [-0.4, -0.2) is 4.98 Å². The smallest absolute Gasteiger partial charge is 0.105 e. The number of hydrogen-bond acceptors (Lipinski definition) is 4. The number of benzene rings is 2. The van der Waals surface area contributed by atoms with Gasteiger partial charge in [-0.1, -0.05) is 35.0 Å². The summed E-state index contributed by atoms with van der Waals surface area (Å²) in [5.74, 6) is 0. The average Bonchev–Trinajstić information content (AvgIpc) is 2.86. The number of anilines is 1. The first-order valence-electron chi connectivity index (χ1n) is 5.40. The third kappa shape index (κ3) is 2.54. The molecule has 0 aliphatic carbocycles. The summed E-state index contributed by atoms with van der Waals surface area (Å²) < 4.78 is 1.09. The third-order valence-electron chi connectivity index (χ3n) is 2.62. The molecule has 0 bridgehead atoms. The van der Waals surface area contributed by atoms with Crippen molar-refractivity contribution < 1.29 is 0 Å². The van der Waals surface area contributed by atoms with E-state index in [0.29, 0.717) is 15.7 Å². The monoisotopic (exact) mass is 326 g/mol. The first-order valence-corrected chi connectivity index (χ1v) is 7.85. The lowest BCUT2D eigenvalue weighted by molar-refractivity contribution is 1.40. The van der Waals surface area contributed by atoms with E-state index in [2.05, 4.69) is 4.98 Å². The number of thiazole rings is 1. The molecule has 0 amide bonds. The van der Waals surface area contributed by atoms with E-state index in [9.17, 15) is 0 Å². The molecule has 2 nitrogen and oxygen atoms in total. The van der Waals surface area contributed by atoms with Crippen LogP contribution >= 0.6 is 46.3 Å². The van der Waals surface area contributed by atoms with Crippen LogP contribution in [0.15, 0.2) is 45.6 Å². The van der Waals surface area contributed by atoms with Crippen LogP contribution in [0.3, 0.4) is 0 Å². The first kappa shape index (κ1) is 13.1. The second-order valence-electron chi connectivity index (χ2n) is 3.85. The van der Waals surface area contributed by atoms with Gasteiger partial charge in [-0.2, -0.15) is 0 Å². The molecule has 0 radical (unpaired) electrons. The highest BCUT2D eigenvalue weighted by atomic mass is 35.5. The van der Waals surface area contributed by atoms with E-state index in [1.54, 1.807) is 34.7 Å². The number of rotatable bonds is 2. The number of nitrogens with zero attached hydrogens (tertiary/aromatic N) is 1. The summed E-state index contributed by atoms with van der Waals surface area (Å²) in [6, 6.07) is 9.57. The van der Waals surface area contributed by atoms with Gasteiger partial charge < -0.3 is 5.73 Å². The molecule has 6 heteroatoms. The summed E-state index contributed by atoms with van der Waals surface area (Å²) in [4.78, 5) is 6.25. The molecule has 2 N–H and O–H groups in total. The Morgan fingerprint density at radius 2 is 1.95 bits per heavy atom. The highest BCUT2D eigenvalue weighted by Crippen LogP contribution is 2.38. The van der Waals surface area contributed by atoms with Gasteiger partial charge in [0.2, 0.25) is 0 Å². The van der Waals surface area contributed by atoms with Crippen LogP contribution in [0.5, 0.6) is 0 Å². The van der Waals surface area contributed by atoms with Crippen molar-refractivity contribution in [3.8, 4) is 0 Å². The maximum atomic E-state index is 6.14. The van der Waals surface area contributed by atoms with Crippen molar-refractivity contribution in [3.05, 3.63) is 45.9 Å². The van der Waals surface area contributed by atoms with Crippen LogP contribution < -0.4 is 5.73 Å². The van der Waals surface area contributed by atoms with E-state index in [1.807, 2.05) is 24.3 Å². The van der Waals surface area contributed by atoms with Crippen LogP contribution in [-0.2, 0) is 0 Å². The maximum absolute atomic E-state index is 6.14. The Labute approximate surface area is 128 Å². The molecule has 0 saturated heterocycles. The van der Waals surface area contributed by atoms with Crippen molar-refractivity contribution in [2.75, 3.05) is 5.73 Å². The Morgan fingerprint density at radius 3 is 2.74 bits per heavy atom. The van der Waals surface area contributed by atoms with Crippen molar-refractivity contribution in [2.24, 2.45) is 0 Å². The average molecular weight is 327 g/mol. The number of nitrogen functional groups attached to an aromatic ring is 1. The van der Waals surface area contributed by atoms with Gasteiger partial charge in [-0.3, -0.25) is 0 Å². The molecule has 0 spiro atoms. The highest BCUT2D eigenvalue weighted by molar-refractivity contribution is 7.99. The minimum absolute atomic E-state index is 0.542. The zero-order chi connectivity index (χ0) is 13.4. The van der Waals surface area contributed by atoms with Crippen LogP contribution in [0.25, 0.3) is 10.2 Å². The standard InChI is InChI=1S/C13H8Cl2N2S2/c14-8-2-1-7(5-9(8)15)19-10-3-4-11-13(12(10)16)17-6-18-11/h1-6H,16H2. The molecule has 0 saturated carbocycles. The number of nitrogens with two attached hydrogens (primary N) is 1. The fourth-order valence-electron chi connectivity index (χ4n) is 1.69. The van der Waals surface area contributed by atoms with Crippen LogP contribution in [0.4, 0.5) is 5.69 Å². The molecule has 0 atom stereocenters. The SMILES string of the molecule is Nc1c(Sc2ccc(Cl)c(Cl)c2)ccc2scnc12. The Hall–Kier alpha value is -0.940. The second-order valence-corrected chi connectivity index (χ2v) is 6.67. The molecule has 2 aromatic carbocycles. The molecule has 3 rings (SSSR count). The van der Waals surface area contributed by atoms with Crippen molar-refractivity contribution in [1.29, 1.82) is 0 Å². The van der Waals surface area contributed by atoms with Crippen LogP contribution in [0.2, 0.25) is 10.0 Å². The van der Waals surface area contributed by atoms with Gasteiger partial charge in [0.25, 0.3) is 0 Å². The van der Waals surface area contributed by atoms with Gasteiger partial charge in [0, 0.05) is 9.79 Å². The lowest BCUT2D eigenvalue weighted by Crippen LogP contribution is -1.90. The fraction of sp³-hybridized carbons (Fsp3) is 0. The summed E-state index contributed by atoms with van der Waals surface area (Å²) in [5.41, 5.74) is 9.50. The molecular weight excluding hydrogens is 319 g/mol. The number of fused-ring (bicyclic) bond motifs is 1. The van der Waals surface area contributed by atoms with Gasteiger partial charge in [0.05, 0.1) is 25.9 Å². The minimum atomic E-state index is 0.542. The van der Waals surface area contributed by atoms with Crippen molar-refractivity contribution in [1.82, 2.24) is 4.98 Å². The van der Waals surface area contributed by atoms with Gasteiger partial charge >= 0.3 is 0 Å². The molecule has 0 unspecified atom stereocenters. The van der Waals surface area contributed by atoms with Gasteiger partial charge in [0.1, 0.15) is 5.52 Å². The van der Waals surface area contributed by atoms with Gasteiger partial charge in [0.15, 0.2) is 0 Å². The first-order chi connectivity index (χ1) is 9.15. The maximum Gasteiger partial charge on any atom is 0.105 e. The minimum Gasteiger partial charge on any atom is -0.396 e. The van der Waals surface area contributed by atoms with E-state index in [0.717, 1.165) is 20.0 Å². The Bertz CT molecular complexity index is 755. The summed E-state index contributed by atoms with van der Waals surface area (Å²) >= 11 is 15.0. The second kappa shape index (κ2) is 5.21. The predicted octanol–water partition coefficient (Wildman–Crippen LogP) is 5.34. The summed E-state index contributed by atoms with van der Waals surface area (Å²) in [7, 11) is 0. The van der Waals surface area contributed by atoms with Crippen molar-refractivity contribution in [3.63, 3.8) is 0 Å². The molecule has 3 aromatic rings. The molecule has 1 aromatic heterocycles. The van der Waals surface area contributed by atoms with E-state index in [1.165, 1.54) is 0 Å². The summed E-state index contributed by atoms with van der Waals surface area (Å²) in [6.07, 6.45) is 0. The Morgan fingerprint density at radius 1 is 1.11 bits per heavy atom.